The summed E-state index contributed by atoms with van der Waals surface area (Å²) in [6, 6.07) is 14.6. The van der Waals surface area contributed by atoms with Crippen molar-refractivity contribution in [2.45, 2.75) is 5.66 Å². The SMILES string of the molecule is O=Cc1cc2cc(C(F)(F)POc3ccccc3)ccc2s1. The van der Waals surface area contributed by atoms with Crippen molar-refractivity contribution in [3.8, 4) is 5.75 Å². The van der Waals surface area contributed by atoms with Gasteiger partial charge in [0.1, 0.15) is 5.75 Å². The van der Waals surface area contributed by atoms with Crippen molar-refractivity contribution in [1.29, 1.82) is 0 Å². The van der Waals surface area contributed by atoms with Crippen LogP contribution in [-0.4, -0.2) is 6.29 Å². The molecule has 0 bridgehead atoms. The van der Waals surface area contributed by atoms with E-state index in [-0.39, 0.29) is 5.56 Å². The molecule has 0 aliphatic rings. The predicted molar refractivity (Wildman–Crippen MR) is 86.5 cm³/mol. The van der Waals surface area contributed by atoms with Gasteiger partial charge in [0.05, 0.1) is 4.88 Å². The van der Waals surface area contributed by atoms with E-state index in [9.17, 15) is 13.6 Å². The van der Waals surface area contributed by atoms with Crippen LogP contribution in [0.3, 0.4) is 0 Å². The number of para-hydroxylation sites is 1. The Morgan fingerprint density at radius 3 is 2.59 bits per heavy atom. The Bertz CT molecular complexity index is 802. The summed E-state index contributed by atoms with van der Waals surface area (Å²) in [5.41, 5.74) is -3.18. The molecule has 0 fully saturated rings. The van der Waals surface area contributed by atoms with Crippen molar-refractivity contribution < 1.29 is 18.1 Å². The molecule has 1 unspecified atom stereocenters. The number of thiophene rings is 1. The van der Waals surface area contributed by atoms with Crippen molar-refractivity contribution in [2.24, 2.45) is 0 Å². The van der Waals surface area contributed by atoms with Gasteiger partial charge in [0, 0.05) is 10.3 Å². The van der Waals surface area contributed by atoms with Crippen LogP contribution >= 0.6 is 20.1 Å². The van der Waals surface area contributed by atoms with Crippen LogP contribution in [0, 0.1) is 0 Å². The number of benzene rings is 2. The Morgan fingerprint density at radius 2 is 1.86 bits per heavy atom. The van der Waals surface area contributed by atoms with Crippen molar-refractivity contribution in [3.63, 3.8) is 0 Å². The lowest BCUT2D eigenvalue weighted by Crippen LogP contribution is -2.07. The molecule has 0 spiro atoms. The second-order valence-corrected chi connectivity index (χ2v) is 6.76. The largest absolute Gasteiger partial charge is 0.471 e. The molecule has 1 heterocycles. The molecule has 3 rings (SSSR count). The Kier molecular flexibility index (Phi) is 4.19. The van der Waals surface area contributed by atoms with Crippen LogP contribution < -0.4 is 4.52 Å². The number of alkyl halides is 2. The van der Waals surface area contributed by atoms with Crippen molar-refractivity contribution >= 4 is 36.5 Å². The Balaban J connectivity index is 1.83. The number of hydrogen-bond acceptors (Lipinski definition) is 3. The summed E-state index contributed by atoms with van der Waals surface area (Å²) in [6.45, 7) is 0. The van der Waals surface area contributed by atoms with E-state index < -0.39 is 14.5 Å². The highest BCUT2D eigenvalue weighted by Gasteiger charge is 2.33. The Morgan fingerprint density at radius 1 is 1.09 bits per heavy atom. The number of hydrogen-bond donors (Lipinski definition) is 0. The fraction of sp³-hybridized carbons (Fsp3) is 0.0625. The van der Waals surface area contributed by atoms with Gasteiger partial charge < -0.3 is 4.52 Å². The zero-order chi connectivity index (χ0) is 15.6. The van der Waals surface area contributed by atoms with E-state index in [0.717, 1.165) is 11.0 Å². The first-order valence-electron chi connectivity index (χ1n) is 6.44. The number of carbonyl (C=O) groups is 1. The second-order valence-electron chi connectivity index (χ2n) is 4.61. The summed E-state index contributed by atoms with van der Waals surface area (Å²) in [5, 5.41) is 0.647. The standard InChI is InChI=1S/C16H11F2O2PS/c17-16(18,21-20-13-4-2-1-3-5-13)12-6-7-15-11(8-12)9-14(10-19)22-15/h1-10,21H. The molecule has 0 N–H and O–H groups in total. The molecular weight excluding hydrogens is 325 g/mol. The third-order valence-electron chi connectivity index (χ3n) is 3.05. The van der Waals surface area contributed by atoms with Crippen LogP contribution in [0.4, 0.5) is 8.78 Å². The zero-order valence-corrected chi connectivity index (χ0v) is 13.1. The minimum absolute atomic E-state index is 0.107. The molecule has 112 valence electrons. The molecule has 3 aromatic rings. The lowest BCUT2D eigenvalue weighted by molar-refractivity contribution is 0.0931. The molecule has 0 radical (unpaired) electrons. The Hall–Kier alpha value is -1.84. The monoisotopic (exact) mass is 336 g/mol. The van der Waals surface area contributed by atoms with Crippen molar-refractivity contribution in [3.05, 3.63) is 65.0 Å². The van der Waals surface area contributed by atoms with E-state index in [0.29, 0.717) is 16.0 Å². The van der Waals surface area contributed by atoms with Gasteiger partial charge in [-0.25, -0.2) is 0 Å². The van der Waals surface area contributed by atoms with E-state index >= 15 is 0 Å². The first-order chi connectivity index (χ1) is 10.6. The van der Waals surface area contributed by atoms with Gasteiger partial charge in [-0.05, 0) is 35.7 Å². The summed E-state index contributed by atoms with van der Waals surface area (Å²) in [7, 11) is -1.01. The normalized spacial score (nSPS) is 12.1. The minimum Gasteiger partial charge on any atom is -0.471 e. The maximum absolute atomic E-state index is 14.3. The molecule has 0 aliphatic heterocycles. The molecule has 0 saturated carbocycles. The average molecular weight is 336 g/mol. The molecule has 0 saturated heterocycles. The first-order valence-corrected chi connectivity index (χ1v) is 8.17. The third kappa shape index (κ3) is 3.16. The van der Waals surface area contributed by atoms with Crippen LogP contribution in [0.25, 0.3) is 10.1 Å². The highest BCUT2D eigenvalue weighted by molar-refractivity contribution is 7.33. The molecular formula is C16H11F2O2PS. The maximum Gasteiger partial charge on any atom is 0.322 e. The van der Waals surface area contributed by atoms with Crippen LogP contribution in [-0.2, 0) is 5.66 Å². The van der Waals surface area contributed by atoms with E-state index in [1.807, 2.05) is 0 Å². The van der Waals surface area contributed by atoms with Crippen molar-refractivity contribution in [2.75, 3.05) is 0 Å². The molecule has 0 amide bonds. The summed E-state index contributed by atoms with van der Waals surface area (Å²) in [6.07, 6.45) is 0.725. The van der Waals surface area contributed by atoms with Gasteiger partial charge in [-0.15, -0.1) is 11.3 Å². The van der Waals surface area contributed by atoms with E-state index in [2.05, 4.69) is 0 Å². The first kappa shape index (κ1) is 15.1. The number of fused-ring (bicyclic) bond motifs is 1. The van der Waals surface area contributed by atoms with Crippen LogP contribution in [0.1, 0.15) is 15.2 Å². The highest BCUT2D eigenvalue weighted by Crippen LogP contribution is 2.46. The van der Waals surface area contributed by atoms with Crippen molar-refractivity contribution in [1.82, 2.24) is 0 Å². The van der Waals surface area contributed by atoms with Gasteiger partial charge in [-0.1, -0.05) is 24.3 Å². The lowest BCUT2D eigenvalue weighted by atomic mass is 10.1. The zero-order valence-electron chi connectivity index (χ0n) is 11.3. The predicted octanol–water partition coefficient (Wildman–Crippen LogP) is 5.44. The molecule has 1 atom stereocenters. The smallest absolute Gasteiger partial charge is 0.322 e. The fourth-order valence-electron chi connectivity index (χ4n) is 1.99. The number of carbonyl (C=O) groups excluding carboxylic acids is 1. The molecule has 1 aromatic heterocycles. The van der Waals surface area contributed by atoms with Crippen LogP contribution in [0.5, 0.6) is 5.75 Å². The van der Waals surface area contributed by atoms with Gasteiger partial charge in [-0.3, -0.25) is 4.79 Å². The quantitative estimate of drug-likeness (QED) is 0.458. The second kappa shape index (κ2) is 6.11. The lowest BCUT2D eigenvalue weighted by Gasteiger charge is -2.17. The summed E-state index contributed by atoms with van der Waals surface area (Å²) in [5.74, 6) is 0.417. The van der Waals surface area contributed by atoms with Crippen LogP contribution in [0.15, 0.2) is 54.6 Å². The minimum atomic E-state index is -3.08. The van der Waals surface area contributed by atoms with Gasteiger partial charge in [0.25, 0.3) is 0 Å². The molecule has 6 heteroatoms. The Labute approximate surface area is 131 Å². The summed E-state index contributed by atoms with van der Waals surface area (Å²) >= 11 is 1.28. The average Bonchev–Trinajstić information content (AvgIpc) is 2.96. The maximum atomic E-state index is 14.3. The molecule has 0 aliphatic carbocycles. The molecule has 22 heavy (non-hydrogen) atoms. The number of aldehydes is 1. The topological polar surface area (TPSA) is 26.3 Å². The van der Waals surface area contributed by atoms with E-state index in [1.54, 1.807) is 42.5 Å². The van der Waals surface area contributed by atoms with Gasteiger partial charge in [0.2, 0.25) is 0 Å². The van der Waals surface area contributed by atoms with Gasteiger partial charge in [-0.2, -0.15) is 8.78 Å². The third-order valence-corrected chi connectivity index (χ3v) is 4.98. The van der Waals surface area contributed by atoms with Crippen LogP contribution in [0.2, 0.25) is 0 Å². The summed E-state index contributed by atoms with van der Waals surface area (Å²) < 4.78 is 34.6. The highest BCUT2D eigenvalue weighted by atomic mass is 32.1. The molecule has 2 nitrogen and oxygen atoms in total. The van der Waals surface area contributed by atoms with Gasteiger partial charge >= 0.3 is 5.66 Å². The van der Waals surface area contributed by atoms with E-state index in [4.69, 9.17) is 4.52 Å². The van der Waals surface area contributed by atoms with Gasteiger partial charge in [0.15, 0.2) is 15.1 Å². The fourth-order valence-corrected chi connectivity index (χ4v) is 3.50. The van der Waals surface area contributed by atoms with E-state index in [1.165, 1.54) is 23.5 Å². The molecule has 2 aromatic carbocycles. The summed E-state index contributed by atoms with van der Waals surface area (Å²) in [4.78, 5) is 11.3. The number of rotatable bonds is 5. The number of halogens is 2.